The fourth-order valence-corrected chi connectivity index (χ4v) is 2.79. The molecule has 0 bridgehead atoms. The van der Waals surface area contributed by atoms with Crippen molar-refractivity contribution >= 4 is 41.8 Å². The van der Waals surface area contributed by atoms with Crippen molar-refractivity contribution in [2.45, 2.75) is 13.0 Å². The van der Waals surface area contributed by atoms with Crippen LogP contribution in [0.4, 0.5) is 0 Å². The number of hydrogen-bond donors (Lipinski definition) is 2. The zero-order valence-corrected chi connectivity index (χ0v) is 22.3. The number of benzene rings is 2. The van der Waals surface area contributed by atoms with Gasteiger partial charge in [0.1, 0.15) is 5.75 Å². The molecule has 8 nitrogen and oxygen atoms in total. The second-order valence-corrected chi connectivity index (χ2v) is 7.73. The molecule has 2 N–H and O–H groups in total. The predicted octanol–water partition coefficient (Wildman–Crippen LogP) is 2.38. The smallest absolute Gasteiger partial charge is 0.253 e. The van der Waals surface area contributed by atoms with E-state index in [-0.39, 0.29) is 42.3 Å². The number of aliphatic imine (C=N–C) groups is 1. The summed E-state index contributed by atoms with van der Waals surface area (Å²) < 4.78 is 5.19. The van der Waals surface area contributed by atoms with E-state index in [9.17, 15) is 9.59 Å². The summed E-state index contributed by atoms with van der Waals surface area (Å²) in [6.07, 6.45) is 0.799. The maximum Gasteiger partial charge on any atom is 0.253 e. The van der Waals surface area contributed by atoms with Gasteiger partial charge in [-0.25, -0.2) is 4.99 Å². The standard InChI is InChI=1S/C24H33N5O3.HI/c1-28(2)22(30)17-27-24(25-15-14-18-8-12-21(32-5)13-9-18)26-16-19-6-10-20(11-7-19)23(31)29(3)4;/h6-13H,14-17H2,1-5H3,(H2,25,26,27);1H. The molecule has 0 saturated heterocycles. The van der Waals surface area contributed by atoms with Gasteiger partial charge in [-0.2, -0.15) is 0 Å². The number of rotatable bonds is 9. The van der Waals surface area contributed by atoms with Crippen LogP contribution in [0.1, 0.15) is 21.5 Å². The monoisotopic (exact) mass is 567 g/mol. The number of nitrogens with one attached hydrogen (secondary N) is 2. The molecule has 0 radical (unpaired) electrons. The van der Waals surface area contributed by atoms with E-state index in [1.165, 1.54) is 10.5 Å². The van der Waals surface area contributed by atoms with Crippen molar-refractivity contribution in [1.29, 1.82) is 0 Å². The Bertz CT molecular complexity index is 913. The normalized spacial score (nSPS) is 10.6. The SMILES string of the molecule is COc1ccc(CCNC(=NCc2ccc(C(=O)N(C)C)cc2)NCC(=O)N(C)C)cc1.I. The zero-order chi connectivity index (χ0) is 23.5. The lowest BCUT2D eigenvalue weighted by molar-refractivity contribution is -0.127. The van der Waals surface area contributed by atoms with Gasteiger partial charge in [-0.15, -0.1) is 24.0 Å². The van der Waals surface area contributed by atoms with Crippen molar-refractivity contribution in [1.82, 2.24) is 20.4 Å². The lowest BCUT2D eigenvalue weighted by atomic mass is 10.1. The Kier molecular flexibility index (Phi) is 12.3. The van der Waals surface area contributed by atoms with Crippen molar-refractivity contribution in [3.05, 3.63) is 65.2 Å². The largest absolute Gasteiger partial charge is 0.497 e. The molecule has 2 aromatic carbocycles. The maximum absolute atomic E-state index is 12.0. The van der Waals surface area contributed by atoms with Crippen LogP contribution in [0, 0.1) is 0 Å². The first-order chi connectivity index (χ1) is 15.3. The van der Waals surface area contributed by atoms with Crippen LogP contribution in [0.25, 0.3) is 0 Å². The number of nitrogens with zero attached hydrogens (tertiary/aromatic N) is 3. The zero-order valence-electron chi connectivity index (χ0n) is 19.9. The molecule has 9 heteroatoms. The first kappa shape index (κ1) is 28.2. The molecule has 0 atom stereocenters. The predicted molar refractivity (Wildman–Crippen MR) is 142 cm³/mol. The first-order valence-electron chi connectivity index (χ1n) is 10.5. The Labute approximate surface area is 213 Å². The van der Waals surface area contributed by atoms with Crippen molar-refractivity contribution < 1.29 is 14.3 Å². The van der Waals surface area contributed by atoms with Gasteiger partial charge in [0.05, 0.1) is 20.2 Å². The summed E-state index contributed by atoms with van der Waals surface area (Å²) >= 11 is 0. The highest BCUT2D eigenvalue weighted by molar-refractivity contribution is 14.0. The van der Waals surface area contributed by atoms with Crippen LogP contribution in [0.5, 0.6) is 5.75 Å². The van der Waals surface area contributed by atoms with Gasteiger partial charge in [-0.3, -0.25) is 9.59 Å². The van der Waals surface area contributed by atoms with Gasteiger partial charge in [-0.1, -0.05) is 24.3 Å². The molecule has 0 fully saturated rings. The molecule has 2 amide bonds. The van der Waals surface area contributed by atoms with E-state index < -0.39 is 0 Å². The highest BCUT2D eigenvalue weighted by Gasteiger charge is 2.08. The number of carbonyl (C=O) groups excluding carboxylic acids is 2. The molecule has 2 rings (SSSR count). The van der Waals surface area contributed by atoms with Crippen LogP contribution < -0.4 is 15.4 Å². The van der Waals surface area contributed by atoms with Gasteiger partial charge in [0.15, 0.2) is 5.96 Å². The third kappa shape index (κ3) is 9.68. The minimum Gasteiger partial charge on any atom is -0.497 e. The molecular formula is C24H34IN5O3. The van der Waals surface area contributed by atoms with Gasteiger partial charge in [0, 0.05) is 40.3 Å². The number of amides is 2. The van der Waals surface area contributed by atoms with E-state index in [0.29, 0.717) is 24.6 Å². The van der Waals surface area contributed by atoms with Crippen LogP contribution in [0.2, 0.25) is 0 Å². The summed E-state index contributed by atoms with van der Waals surface area (Å²) in [5.74, 6) is 1.30. The summed E-state index contributed by atoms with van der Waals surface area (Å²) in [5.41, 5.74) is 2.77. The van der Waals surface area contributed by atoms with E-state index in [2.05, 4.69) is 15.6 Å². The number of hydrogen-bond acceptors (Lipinski definition) is 4. The Morgan fingerprint density at radius 2 is 1.48 bits per heavy atom. The fraction of sp³-hybridized carbons (Fsp3) is 0.375. The van der Waals surface area contributed by atoms with Crippen molar-refractivity contribution in [2.24, 2.45) is 4.99 Å². The topological polar surface area (TPSA) is 86.3 Å². The molecule has 0 heterocycles. The molecule has 0 spiro atoms. The van der Waals surface area contributed by atoms with Crippen LogP contribution in [0.3, 0.4) is 0 Å². The van der Waals surface area contributed by atoms with E-state index >= 15 is 0 Å². The van der Waals surface area contributed by atoms with Gasteiger partial charge >= 0.3 is 0 Å². The van der Waals surface area contributed by atoms with Gasteiger partial charge < -0.3 is 25.2 Å². The summed E-state index contributed by atoms with van der Waals surface area (Å²) in [7, 11) is 8.53. The van der Waals surface area contributed by atoms with Gasteiger partial charge in [0.25, 0.3) is 5.91 Å². The first-order valence-corrected chi connectivity index (χ1v) is 10.5. The minimum absolute atomic E-state index is 0. The van der Waals surface area contributed by atoms with Crippen molar-refractivity contribution in [3.63, 3.8) is 0 Å². The van der Waals surface area contributed by atoms with Crippen LogP contribution in [-0.2, 0) is 17.8 Å². The highest BCUT2D eigenvalue weighted by Crippen LogP contribution is 2.11. The van der Waals surface area contributed by atoms with Crippen molar-refractivity contribution in [3.8, 4) is 5.75 Å². The van der Waals surface area contributed by atoms with E-state index in [1.807, 2.05) is 36.4 Å². The third-order valence-electron chi connectivity index (χ3n) is 4.80. The third-order valence-corrected chi connectivity index (χ3v) is 4.80. The Balaban J connectivity index is 0.00000544. The Morgan fingerprint density at radius 3 is 2.03 bits per heavy atom. The number of ether oxygens (including phenoxy) is 1. The maximum atomic E-state index is 12.0. The second-order valence-electron chi connectivity index (χ2n) is 7.73. The van der Waals surface area contributed by atoms with Gasteiger partial charge in [-0.05, 0) is 41.8 Å². The number of methoxy groups -OCH3 is 1. The van der Waals surface area contributed by atoms with E-state index in [0.717, 1.165) is 17.7 Å². The average molecular weight is 567 g/mol. The van der Waals surface area contributed by atoms with E-state index in [1.54, 1.807) is 52.3 Å². The minimum atomic E-state index is -0.0406. The van der Waals surface area contributed by atoms with Crippen molar-refractivity contribution in [2.75, 3.05) is 48.4 Å². The molecule has 0 aliphatic carbocycles. The quantitative estimate of drug-likeness (QED) is 0.276. The lowest BCUT2D eigenvalue weighted by Crippen LogP contribution is -2.43. The summed E-state index contributed by atoms with van der Waals surface area (Å²) in [4.78, 5) is 31.7. The molecule has 33 heavy (non-hydrogen) atoms. The fourth-order valence-electron chi connectivity index (χ4n) is 2.79. The number of halogens is 1. The molecule has 2 aromatic rings. The summed E-state index contributed by atoms with van der Waals surface area (Å²) in [6.45, 7) is 1.23. The lowest BCUT2D eigenvalue weighted by Gasteiger charge is -2.15. The molecule has 0 aliphatic heterocycles. The number of carbonyl (C=O) groups is 2. The van der Waals surface area contributed by atoms with Crippen LogP contribution in [0.15, 0.2) is 53.5 Å². The number of likely N-dealkylation sites (N-methyl/N-ethyl adjacent to an activating group) is 1. The molecule has 0 aromatic heterocycles. The molecule has 0 saturated carbocycles. The Morgan fingerprint density at radius 1 is 0.879 bits per heavy atom. The van der Waals surface area contributed by atoms with Crippen LogP contribution in [-0.4, -0.2) is 76.0 Å². The van der Waals surface area contributed by atoms with E-state index in [4.69, 9.17) is 4.74 Å². The van der Waals surface area contributed by atoms with Crippen LogP contribution >= 0.6 is 24.0 Å². The molecule has 0 unspecified atom stereocenters. The summed E-state index contributed by atoms with van der Waals surface area (Å²) in [5, 5.41) is 6.37. The average Bonchev–Trinajstić information content (AvgIpc) is 2.80. The number of guanidine groups is 1. The molecule has 180 valence electrons. The second kappa shape index (κ2) is 14.4. The highest BCUT2D eigenvalue weighted by atomic mass is 127. The molecular weight excluding hydrogens is 533 g/mol. The summed E-state index contributed by atoms with van der Waals surface area (Å²) in [6, 6.07) is 15.3. The Hall–Kier alpha value is -2.82. The molecule has 0 aliphatic rings. The van der Waals surface area contributed by atoms with Gasteiger partial charge in [0.2, 0.25) is 5.91 Å².